The number of nitrogens with zero attached hydrogens (tertiary/aromatic N) is 5. The fourth-order valence-electron chi connectivity index (χ4n) is 2.91. The maximum absolute atomic E-state index is 8.82. The number of hydrogen-bond acceptors (Lipinski definition) is 8. The van der Waals surface area contributed by atoms with Gasteiger partial charge in [0.05, 0.1) is 6.20 Å². The Morgan fingerprint density at radius 1 is 1.43 bits per heavy atom. The van der Waals surface area contributed by atoms with Crippen LogP contribution in [0.3, 0.4) is 0 Å². The number of hydrogen-bond donors (Lipinski definition) is 2. The predicted molar refractivity (Wildman–Crippen MR) is 79.7 cm³/mol. The lowest BCUT2D eigenvalue weighted by molar-refractivity contribution is 0.576. The van der Waals surface area contributed by atoms with Gasteiger partial charge in [-0.05, 0) is 6.42 Å². The van der Waals surface area contributed by atoms with Crippen LogP contribution in [-0.4, -0.2) is 40.1 Å². The number of piperazine rings is 1. The summed E-state index contributed by atoms with van der Waals surface area (Å²) in [5.41, 5.74) is 0. The largest absolute Gasteiger partial charge is 0.351 e. The number of rotatable bonds is 3. The molecule has 2 saturated heterocycles. The summed E-state index contributed by atoms with van der Waals surface area (Å²) in [4.78, 5) is 15.7. The Bertz CT molecular complexity index is 707. The summed E-state index contributed by atoms with van der Waals surface area (Å²) in [7, 11) is 0. The molecule has 2 unspecified atom stereocenters. The van der Waals surface area contributed by atoms with Crippen molar-refractivity contribution in [2.24, 2.45) is 0 Å². The topological polar surface area (TPSA) is 89.8 Å². The van der Waals surface area contributed by atoms with E-state index in [4.69, 9.17) is 5.26 Å². The average molecular weight is 299 g/mol. The van der Waals surface area contributed by atoms with E-state index in [0.717, 1.165) is 18.9 Å². The van der Waals surface area contributed by atoms with Crippen LogP contribution in [0.5, 0.6) is 0 Å². The van der Waals surface area contributed by atoms with Crippen molar-refractivity contribution < 1.29 is 0 Å². The lowest BCUT2D eigenvalue weighted by Crippen LogP contribution is -2.44. The maximum atomic E-state index is 8.82. The molecule has 0 aromatic carbocycles. The minimum absolute atomic E-state index is 0.530. The molecule has 0 amide bonds. The maximum Gasteiger partial charge on any atom is 0.189 e. The summed E-state index contributed by atoms with van der Waals surface area (Å²) >= 11 is 1.31. The fourth-order valence-corrected chi connectivity index (χ4v) is 3.53. The predicted octanol–water partition coefficient (Wildman–Crippen LogP) is 1.10. The van der Waals surface area contributed by atoms with Gasteiger partial charge < -0.3 is 15.5 Å². The Balaban J connectivity index is 1.54. The van der Waals surface area contributed by atoms with Crippen molar-refractivity contribution in [1.29, 1.82) is 5.26 Å². The van der Waals surface area contributed by atoms with Gasteiger partial charge in [-0.15, -0.1) is 0 Å². The summed E-state index contributed by atoms with van der Waals surface area (Å²) in [5, 5.41) is 16.1. The van der Waals surface area contributed by atoms with Crippen molar-refractivity contribution in [1.82, 2.24) is 20.3 Å². The van der Waals surface area contributed by atoms with E-state index < -0.39 is 0 Å². The van der Waals surface area contributed by atoms with Crippen molar-refractivity contribution in [2.45, 2.75) is 18.5 Å². The molecule has 2 aromatic rings. The first-order valence-electron chi connectivity index (χ1n) is 6.77. The van der Waals surface area contributed by atoms with Crippen LogP contribution in [0.15, 0.2) is 18.6 Å². The van der Waals surface area contributed by atoms with Crippen LogP contribution in [-0.2, 0) is 0 Å². The summed E-state index contributed by atoms with van der Waals surface area (Å²) in [6.07, 6.45) is 4.31. The molecule has 2 atom stereocenters. The monoisotopic (exact) mass is 299 g/mol. The van der Waals surface area contributed by atoms with E-state index in [9.17, 15) is 0 Å². The molecule has 2 bridgehead atoms. The first-order valence-corrected chi connectivity index (χ1v) is 7.58. The van der Waals surface area contributed by atoms with Crippen LogP contribution in [0.25, 0.3) is 0 Å². The highest BCUT2D eigenvalue weighted by Crippen LogP contribution is 2.29. The van der Waals surface area contributed by atoms with E-state index in [1.54, 1.807) is 12.5 Å². The third-order valence-electron chi connectivity index (χ3n) is 3.85. The van der Waals surface area contributed by atoms with Crippen molar-refractivity contribution >= 4 is 28.1 Å². The lowest BCUT2D eigenvalue weighted by atomic mass is 10.2. The van der Waals surface area contributed by atoms with Gasteiger partial charge >= 0.3 is 0 Å². The summed E-state index contributed by atoms with van der Waals surface area (Å²) in [6, 6.07) is 5.13. The van der Waals surface area contributed by atoms with Crippen LogP contribution in [0, 0.1) is 11.3 Å². The normalized spacial score (nSPS) is 23.3. The Kier molecular flexibility index (Phi) is 2.94. The number of nitriles is 1. The SMILES string of the molecule is N#Cc1cnc(Nc2cc(N3CC4CC3CN4)ncn2)s1. The number of aromatic nitrogens is 3. The van der Waals surface area contributed by atoms with E-state index in [2.05, 4.69) is 36.6 Å². The van der Waals surface area contributed by atoms with Crippen LogP contribution in [0.4, 0.5) is 16.8 Å². The molecule has 4 rings (SSSR count). The summed E-state index contributed by atoms with van der Waals surface area (Å²) in [5.74, 6) is 1.65. The van der Waals surface area contributed by atoms with Gasteiger partial charge in [0, 0.05) is 31.2 Å². The van der Waals surface area contributed by atoms with Gasteiger partial charge in [0.2, 0.25) is 0 Å². The Morgan fingerprint density at radius 2 is 2.38 bits per heavy atom. The Morgan fingerprint density at radius 3 is 3.10 bits per heavy atom. The highest BCUT2D eigenvalue weighted by molar-refractivity contribution is 7.16. The van der Waals surface area contributed by atoms with Gasteiger partial charge in [-0.25, -0.2) is 15.0 Å². The summed E-state index contributed by atoms with van der Waals surface area (Å²) in [6.45, 7) is 2.02. The molecule has 0 saturated carbocycles. The molecule has 4 heterocycles. The zero-order chi connectivity index (χ0) is 14.2. The molecule has 2 aromatic heterocycles. The molecule has 8 heteroatoms. The molecule has 7 nitrogen and oxygen atoms in total. The second-order valence-electron chi connectivity index (χ2n) is 5.17. The van der Waals surface area contributed by atoms with Gasteiger partial charge in [-0.2, -0.15) is 5.26 Å². The minimum atomic E-state index is 0.530. The lowest BCUT2D eigenvalue weighted by Gasteiger charge is -2.28. The Hall–Kier alpha value is -2.24. The fraction of sp³-hybridized carbons (Fsp3) is 0.385. The zero-order valence-electron chi connectivity index (χ0n) is 11.2. The molecule has 21 heavy (non-hydrogen) atoms. The first kappa shape index (κ1) is 12.5. The highest BCUT2D eigenvalue weighted by Gasteiger charge is 2.38. The van der Waals surface area contributed by atoms with Crippen LogP contribution in [0.1, 0.15) is 11.3 Å². The second kappa shape index (κ2) is 4.95. The van der Waals surface area contributed by atoms with E-state index in [1.807, 2.05) is 6.07 Å². The molecule has 0 spiro atoms. The molecule has 2 N–H and O–H groups in total. The van der Waals surface area contributed by atoms with Crippen molar-refractivity contribution in [3.8, 4) is 6.07 Å². The van der Waals surface area contributed by atoms with Crippen LogP contribution >= 0.6 is 11.3 Å². The van der Waals surface area contributed by atoms with Gasteiger partial charge in [0.15, 0.2) is 5.13 Å². The van der Waals surface area contributed by atoms with Gasteiger partial charge in [0.25, 0.3) is 0 Å². The van der Waals surface area contributed by atoms with Crippen LogP contribution in [0.2, 0.25) is 0 Å². The minimum Gasteiger partial charge on any atom is -0.351 e. The molecule has 0 aliphatic carbocycles. The average Bonchev–Trinajstić information content (AvgIpc) is 3.23. The first-order chi connectivity index (χ1) is 10.3. The van der Waals surface area contributed by atoms with Gasteiger partial charge in [0.1, 0.15) is 28.9 Å². The number of anilines is 3. The third kappa shape index (κ3) is 2.30. The number of fused-ring (bicyclic) bond motifs is 2. The standard InChI is InChI=1S/C13H13N7S/c14-3-10-5-16-13(21-10)19-11-2-12(18-7-17-11)20-6-8-1-9(20)4-15-8/h2,5,7-9,15H,1,4,6H2,(H,16,17,18,19). The molecule has 0 radical (unpaired) electrons. The van der Waals surface area contributed by atoms with Gasteiger partial charge in [-0.3, -0.25) is 0 Å². The van der Waals surface area contributed by atoms with Crippen molar-refractivity contribution in [3.63, 3.8) is 0 Å². The van der Waals surface area contributed by atoms with Crippen molar-refractivity contribution in [3.05, 3.63) is 23.5 Å². The van der Waals surface area contributed by atoms with Crippen molar-refractivity contribution in [2.75, 3.05) is 23.3 Å². The summed E-state index contributed by atoms with van der Waals surface area (Å²) < 4.78 is 0. The molecular formula is C13H13N7S. The highest BCUT2D eigenvalue weighted by atomic mass is 32.1. The number of thiazole rings is 1. The van der Waals surface area contributed by atoms with Gasteiger partial charge in [-0.1, -0.05) is 11.3 Å². The third-order valence-corrected chi connectivity index (χ3v) is 4.67. The van der Waals surface area contributed by atoms with E-state index in [1.165, 1.54) is 17.8 Å². The van der Waals surface area contributed by atoms with E-state index in [-0.39, 0.29) is 0 Å². The smallest absolute Gasteiger partial charge is 0.189 e. The molecule has 2 fully saturated rings. The molecule has 2 aliphatic heterocycles. The Labute approximate surface area is 125 Å². The molecular weight excluding hydrogens is 286 g/mol. The van der Waals surface area contributed by atoms with E-state index in [0.29, 0.717) is 27.9 Å². The second-order valence-corrected chi connectivity index (χ2v) is 6.21. The van der Waals surface area contributed by atoms with E-state index >= 15 is 0 Å². The van der Waals surface area contributed by atoms with Crippen LogP contribution < -0.4 is 15.5 Å². The molecule has 106 valence electrons. The quantitative estimate of drug-likeness (QED) is 0.877. The molecule has 2 aliphatic rings. The zero-order valence-corrected chi connectivity index (χ0v) is 12.0. The number of nitrogens with one attached hydrogen (secondary N) is 2.